The van der Waals surface area contributed by atoms with E-state index in [0.29, 0.717) is 49.8 Å². The number of rotatable bonds is 6. The number of aryl methyl sites for hydroxylation is 1. The van der Waals surface area contributed by atoms with Crippen LogP contribution >= 0.6 is 11.8 Å². The highest BCUT2D eigenvalue weighted by Crippen LogP contribution is 2.42. The third-order valence-electron chi connectivity index (χ3n) is 7.67. The van der Waals surface area contributed by atoms with Gasteiger partial charge in [0.05, 0.1) is 35.4 Å². The fourth-order valence-corrected chi connectivity index (χ4v) is 9.44. The van der Waals surface area contributed by atoms with E-state index in [1.807, 2.05) is 57.6 Å². The second-order valence-electron chi connectivity index (χ2n) is 12.3. The van der Waals surface area contributed by atoms with Gasteiger partial charge in [-0.3, -0.25) is 9.08 Å². The van der Waals surface area contributed by atoms with Crippen molar-refractivity contribution in [3.8, 4) is 11.3 Å². The molecule has 3 aliphatic rings. The molecule has 3 aliphatic heterocycles. The van der Waals surface area contributed by atoms with Crippen molar-refractivity contribution in [1.29, 1.82) is 0 Å². The average Bonchev–Trinajstić information content (AvgIpc) is 3.75. The second kappa shape index (κ2) is 11.3. The molecule has 1 N–H and O–H groups in total. The fourth-order valence-electron chi connectivity index (χ4n) is 5.60. The Hall–Kier alpha value is -3.36. The Balaban J connectivity index is 1.34. The molecule has 0 aromatic carbocycles. The van der Waals surface area contributed by atoms with Crippen molar-refractivity contribution in [2.75, 3.05) is 31.5 Å². The van der Waals surface area contributed by atoms with Gasteiger partial charge in [-0.2, -0.15) is 5.10 Å². The lowest BCUT2D eigenvalue weighted by atomic mass is 10.1. The van der Waals surface area contributed by atoms with Crippen LogP contribution in [0.3, 0.4) is 0 Å². The van der Waals surface area contributed by atoms with Crippen molar-refractivity contribution in [2.45, 2.75) is 57.1 Å². The molecular formula is C29H38N8O4S2. The van der Waals surface area contributed by atoms with Gasteiger partial charge in [0.2, 0.25) is 10.0 Å². The third kappa shape index (κ3) is 6.04. The van der Waals surface area contributed by atoms with Gasteiger partial charge in [-0.25, -0.2) is 27.5 Å². The molecule has 1 amide bonds. The molecule has 2 unspecified atom stereocenters. The Morgan fingerprint density at radius 2 is 1.91 bits per heavy atom. The number of nitrogens with zero attached hydrogens (tertiary/aromatic N) is 7. The molecule has 1 saturated heterocycles. The number of fused-ring (bicyclic) bond motifs is 1. The SMILES string of the molecule is CC1C=C(Nc2nc(C3=CCCN(C(=O)OC(C)(C)C)C3)cn3c(-c4cnn(C)c4)cnc23)SC1S(=O)(=O)N1CCCC1. The number of hydrogen-bond donors (Lipinski definition) is 1. The second-order valence-corrected chi connectivity index (χ2v) is 15.8. The van der Waals surface area contributed by atoms with Gasteiger partial charge in [0, 0.05) is 50.6 Å². The first-order valence-electron chi connectivity index (χ1n) is 14.6. The largest absolute Gasteiger partial charge is 0.444 e. The van der Waals surface area contributed by atoms with Crippen LogP contribution in [0.2, 0.25) is 0 Å². The summed E-state index contributed by atoms with van der Waals surface area (Å²) < 4.78 is 37.2. The maximum Gasteiger partial charge on any atom is 0.410 e. The van der Waals surface area contributed by atoms with E-state index in [2.05, 4.69) is 16.5 Å². The Morgan fingerprint density at radius 1 is 1.14 bits per heavy atom. The Kier molecular flexibility index (Phi) is 7.80. The molecule has 6 rings (SSSR count). The molecule has 2 atom stereocenters. The number of carbonyl (C=O) groups excluding carboxylic acids is 1. The standard InChI is InChI=1S/C29H38N8O4S2/c1-19-13-24(42-27(19)43(39,40)36-11-6-7-12-36)33-25-26-30-15-23(21-14-31-34(5)16-21)37(26)18-22(32-25)20-9-8-10-35(17-20)28(38)41-29(2,3)4/h9,13-16,18-19,27H,6-8,10-12,17H2,1-5H3,(H,32,33). The predicted octanol–water partition coefficient (Wildman–Crippen LogP) is 4.54. The van der Waals surface area contributed by atoms with Crippen molar-refractivity contribution in [2.24, 2.45) is 13.0 Å². The first kappa shape index (κ1) is 29.7. The molecule has 0 bridgehead atoms. The van der Waals surface area contributed by atoms with E-state index >= 15 is 0 Å². The van der Waals surface area contributed by atoms with Crippen molar-refractivity contribution in [3.05, 3.63) is 47.7 Å². The van der Waals surface area contributed by atoms with Crippen LogP contribution in [0, 0.1) is 5.92 Å². The number of anilines is 1. The van der Waals surface area contributed by atoms with Gasteiger partial charge >= 0.3 is 6.09 Å². The Bertz CT molecular complexity index is 1710. The quantitative estimate of drug-likeness (QED) is 0.420. The van der Waals surface area contributed by atoms with E-state index in [-0.39, 0.29) is 12.0 Å². The lowest BCUT2D eigenvalue weighted by molar-refractivity contribution is 0.0273. The summed E-state index contributed by atoms with van der Waals surface area (Å²) in [5, 5.41) is 8.47. The maximum absolute atomic E-state index is 13.4. The summed E-state index contributed by atoms with van der Waals surface area (Å²) in [6.07, 6.45) is 13.6. The number of ether oxygens (including phenoxy) is 1. The number of carbonyl (C=O) groups is 1. The van der Waals surface area contributed by atoms with Crippen LogP contribution in [-0.4, -0.2) is 84.2 Å². The van der Waals surface area contributed by atoms with Gasteiger partial charge in [-0.05, 0) is 51.7 Å². The molecule has 0 radical (unpaired) electrons. The van der Waals surface area contributed by atoms with Crippen molar-refractivity contribution in [1.82, 2.24) is 33.4 Å². The van der Waals surface area contributed by atoms with E-state index in [9.17, 15) is 13.2 Å². The molecule has 0 aliphatic carbocycles. The van der Waals surface area contributed by atoms with E-state index in [1.165, 1.54) is 11.8 Å². The molecule has 230 valence electrons. The molecule has 1 fully saturated rings. The smallest absolute Gasteiger partial charge is 0.410 e. The average molecular weight is 627 g/mol. The molecule has 6 heterocycles. The molecule has 3 aromatic rings. The van der Waals surface area contributed by atoms with Gasteiger partial charge in [0.15, 0.2) is 11.5 Å². The number of sulfonamides is 1. The highest BCUT2D eigenvalue weighted by molar-refractivity contribution is 8.15. The normalized spacial score (nSPS) is 21.7. The number of hydrogen-bond acceptors (Lipinski definition) is 9. The number of nitrogens with one attached hydrogen (secondary N) is 1. The van der Waals surface area contributed by atoms with Gasteiger partial charge in [0.25, 0.3) is 0 Å². The summed E-state index contributed by atoms with van der Waals surface area (Å²) >= 11 is 1.32. The van der Waals surface area contributed by atoms with Crippen LogP contribution in [0.15, 0.2) is 42.0 Å². The highest BCUT2D eigenvalue weighted by Gasteiger charge is 2.41. The highest BCUT2D eigenvalue weighted by atomic mass is 32.3. The van der Waals surface area contributed by atoms with Crippen LogP contribution in [0.5, 0.6) is 0 Å². The number of amides is 1. The van der Waals surface area contributed by atoms with Crippen molar-refractivity contribution in [3.63, 3.8) is 0 Å². The molecule has 0 spiro atoms. The van der Waals surface area contributed by atoms with E-state index < -0.39 is 20.2 Å². The van der Waals surface area contributed by atoms with E-state index in [0.717, 1.165) is 34.7 Å². The zero-order valence-electron chi connectivity index (χ0n) is 25.1. The van der Waals surface area contributed by atoms with Crippen LogP contribution in [0.1, 0.15) is 52.7 Å². The van der Waals surface area contributed by atoms with Crippen LogP contribution in [0.4, 0.5) is 10.6 Å². The number of allylic oxidation sites excluding steroid dienone is 1. The summed E-state index contributed by atoms with van der Waals surface area (Å²) in [5.74, 6) is 0.333. The summed E-state index contributed by atoms with van der Waals surface area (Å²) in [4.78, 5) is 24.3. The molecule has 12 nitrogen and oxygen atoms in total. The van der Waals surface area contributed by atoms with Crippen LogP contribution in [0.25, 0.3) is 22.5 Å². The first-order chi connectivity index (χ1) is 20.4. The molecule has 43 heavy (non-hydrogen) atoms. The van der Waals surface area contributed by atoms with Crippen molar-refractivity contribution < 1.29 is 17.9 Å². The summed E-state index contributed by atoms with van der Waals surface area (Å²) in [5.41, 5.74) is 3.32. The number of aromatic nitrogens is 5. The lowest BCUT2D eigenvalue weighted by Crippen LogP contribution is -2.39. The first-order valence-corrected chi connectivity index (χ1v) is 17.0. The number of imidazole rings is 1. The zero-order valence-corrected chi connectivity index (χ0v) is 26.8. The van der Waals surface area contributed by atoms with Crippen LogP contribution in [-0.2, 0) is 21.8 Å². The van der Waals surface area contributed by atoms with Gasteiger partial charge in [0.1, 0.15) is 10.2 Å². The molecular weight excluding hydrogens is 589 g/mol. The fraction of sp³-hybridized carbons (Fsp3) is 0.517. The minimum Gasteiger partial charge on any atom is -0.444 e. The predicted molar refractivity (Wildman–Crippen MR) is 168 cm³/mol. The van der Waals surface area contributed by atoms with Gasteiger partial charge in [-0.15, -0.1) is 0 Å². The molecule has 0 saturated carbocycles. The molecule has 14 heteroatoms. The summed E-state index contributed by atoms with van der Waals surface area (Å²) in [6, 6.07) is 0. The third-order valence-corrected chi connectivity index (χ3v) is 11.9. The van der Waals surface area contributed by atoms with Gasteiger partial charge in [-0.1, -0.05) is 24.8 Å². The Morgan fingerprint density at radius 3 is 2.60 bits per heavy atom. The zero-order chi connectivity index (χ0) is 30.5. The molecule has 3 aromatic heterocycles. The maximum atomic E-state index is 13.4. The monoisotopic (exact) mass is 626 g/mol. The summed E-state index contributed by atoms with van der Waals surface area (Å²) in [7, 11) is -1.58. The minimum absolute atomic E-state index is 0.175. The van der Waals surface area contributed by atoms with Crippen molar-refractivity contribution >= 4 is 44.9 Å². The summed E-state index contributed by atoms with van der Waals surface area (Å²) in [6.45, 7) is 9.59. The number of thioether (sulfide) groups is 1. The minimum atomic E-state index is -3.44. The van der Waals surface area contributed by atoms with Gasteiger partial charge < -0.3 is 15.0 Å². The Labute approximate surface area is 256 Å². The van der Waals surface area contributed by atoms with Crippen LogP contribution < -0.4 is 5.32 Å². The lowest BCUT2D eigenvalue weighted by Gasteiger charge is -2.30. The topological polar surface area (TPSA) is 127 Å². The van der Waals surface area contributed by atoms with E-state index in [1.54, 1.807) is 26.3 Å². The van der Waals surface area contributed by atoms with E-state index in [4.69, 9.17) is 14.7 Å².